The van der Waals surface area contributed by atoms with Crippen LogP contribution in [0.3, 0.4) is 0 Å². The molecule has 7 heteroatoms. The molecule has 1 fully saturated rings. The number of amides is 1. The molecule has 1 aliphatic heterocycles. The zero-order valence-corrected chi connectivity index (χ0v) is 16.3. The largest absolute Gasteiger partial charge is 0.337 e. The minimum atomic E-state index is 0.0468. The van der Waals surface area contributed by atoms with Crippen LogP contribution in [0.4, 0.5) is 0 Å². The van der Waals surface area contributed by atoms with Crippen LogP contribution in [-0.2, 0) is 12.8 Å². The molecule has 2 heterocycles. The van der Waals surface area contributed by atoms with E-state index in [1.165, 1.54) is 0 Å². The number of carbonyl (C=O) groups is 1. The van der Waals surface area contributed by atoms with Crippen molar-refractivity contribution < 1.29 is 4.79 Å². The number of likely N-dealkylation sites (tertiary alicyclic amines) is 1. The fraction of sp³-hybridized carbons (Fsp3) is 0.474. The van der Waals surface area contributed by atoms with Crippen molar-refractivity contribution in [3.05, 3.63) is 45.2 Å². The van der Waals surface area contributed by atoms with Crippen LogP contribution in [0.25, 0.3) is 5.69 Å². The number of hydrogen-bond donors (Lipinski definition) is 1. The molecule has 1 aromatic heterocycles. The summed E-state index contributed by atoms with van der Waals surface area (Å²) in [6.07, 6.45) is 3.89. The molecule has 1 aromatic carbocycles. The van der Waals surface area contributed by atoms with Gasteiger partial charge in [-0.1, -0.05) is 23.2 Å². The summed E-state index contributed by atoms with van der Waals surface area (Å²) in [7, 11) is 1.95. The number of fused-ring (bicyclic) bond motifs is 1. The number of hydrogen-bond acceptors (Lipinski definition) is 3. The van der Waals surface area contributed by atoms with Crippen LogP contribution in [0.5, 0.6) is 0 Å². The average Bonchev–Trinajstić information content (AvgIpc) is 3.31. The second kappa shape index (κ2) is 7.22. The Morgan fingerprint density at radius 1 is 1.35 bits per heavy atom. The van der Waals surface area contributed by atoms with Gasteiger partial charge in [-0.2, -0.15) is 5.10 Å². The van der Waals surface area contributed by atoms with Gasteiger partial charge in [-0.25, -0.2) is 4.68 Å². The van der Waals surface area contributed by atoms with Crippen LogP contribution in [-0.4, -0.2) is 47.3 Å². The molecule has 26 heavy (non-hydrogen) atoms. The van der Waals surface area contributed by atoms with Crippen molar-refractivity contribution >= 4 is 29.1 Å². The molecule has 0 saturated carbocycles. The van der Waals surface area contributed by atoms with E-state index in [9.17, 15) is 4.79 Å². The normalized spacial score (nSPS) is 19.2. The summed E-state index contributed by atoms with van der Waals surface area (Å²) >= 11 is 12.4. The van der Waals surface area contributed by atoms with Crippen LogP contribution in [0, 0.1) is 5.92 Å². The van der Waals surface area contributed by atoms with Gasteiger partial charge < -0.3 is 10.2 Å². The quantitative estimate of drug-likeness (QED) is 0.867. The van der Waals surface area contributed by atoms with E-state index in [-0.39, 0.29) is 5.91 Å². The zero-order valence-electron chi connectivity index (χ0n) is 14.8. The van der Waals surface area contributed by atoms with Gasteiger partial charge in [0.2, 0.25) is 0 Å². The van der Waals surface area contributed by atoms with E-state index in [2.05, 4.69) is 5.32 Å². The Labute approximate surface area is 163 Å². The third kappa shape index (κ3) is 3.13. The van der Waals surface area contributed by atoms with E-state index < -0.39 is 0 Å². The highest BCUT2D eigenvalue weighted by atomic mass is 35.5. The first-order chi connectivity index (χ1) is 12.6. The second-order valence-electron chi connectivity index (χ2n) is 7.10. The second-order valence-corrected chi connectivity index (χ2v) is 7.94. The van der Waals surface area contributed by atoms with Gasteiger partial charge in [0.25, 0.3) is 5.91 Å². The van der Waals surface area contributed by atoms with Crippen molar-refractivity contribution in [3.63, 3.8) is 0 Å². The summed E-state index contributed by atoms with van der Waals surface area (Å²) in [5.41, 5.74) is 3.55. The molecule has 5 nitrogen and oxygen atoms in total. The highest BCUT2D eigenvalue weighted by Gasteiger charge is 2.33. The molecule has 0 bridgehead atoms. The molecule has 2 aromatic rings. The fourth-order valence-electron chi connectivity index (χ4n) is 4.08. The van der Waals surface area contributed by atoms with Crippen molar-refractivity contribution in [2.75, 3.05) is 26.7 Å². The molecular weight excluding hydrogens is 371 g/mol. The van der Waals surface area contributed by atoms with Crippen molar-refractivity contribution in [2.45, 2.75) is 25.7 Å². The summed E-state index contributed by atoms with van der Waals surface area (Å²) in [6.45, 7) is 2.54. The first kappa shape index (κ1) is 17.8. The van der Waals surface area contributed by atoms with E-state index >= 15 is 0 Å². The number of rotatable bonds is 4. The maximum Gasteiger partial charge on any atom is 0.274 e. The van der Waals surface area contributed by atoms with Crippen LogP contribution in [0.1, 0.15) is 34.6 Å². The zero-order chi connectivity index (χ0) is 18.3. The number of halogens is 2. The Balaban J connectivity index is 1.67. The van der Waals surface area contributed by atoms with Gasteiger partial charge in [0.15, 0.2) is 5.69 Å². The monoisotopic (exact) mass is 392 g/mol. The Kier molecular flexibility index (Phi) is 4.95. The number of nitrogens with zero attached hydrogens (tertiary/aromatic N) is 3. The van der Waals surface area contributed by atoms with Crippen LogP contribution >= 0.6 is 23.2 Å². The maximum absolute atomic E-state index is 13.1. The van der Waals surface area contributed by atoms with Gasteiger partial charge in [0.1, 0.15) is 0 Å². The molecule has 1 saturated heterocycles. The molecule has 1 amide bonds. The Morgan fingerprint density at radius 2 is 2.19 bits per heavy atom. The van der Waals surface area contributed by atoms with Gasteiger partial charge in [0, 0.05) is 29.4 Å². The number of carbonyl (C=O) groups excluding carboxylic acids is 1. The van der Waals surface area contributed by atoms with Crippen LogP contribution in [0.2, 0.25) is 10.0 Å². The first-order valence-electron chi connectivity index (χ1n) is 9.08. The topological polar surface area (TPSA) is 50.2 Å². The van der Waals surface area contributed by atoms with Gasteiger partial charge in [-0.05, 0) is 63.4 Å². The molecule has 1 unspecified atom stereocenters. The van der Waals surface area contributed by atoms with Crippen molar-refractivity contribution in [2.24, 2.45) is 5.92 Å². The Bertz CT molecular complexity index is 848. The minimum absolute atomic E-state index is 0.0468. The predicted octanol–water partition coefficient (Wildman–Crippen LogP) is 3.35. The summed E-state index contributed by atoms with van der Waals surface area (Å²) in [4.78, 5) is 15.1. The smallest absolute Gasteiger partial charge is 0.274 e. The molecule has 2 aliphatic rings. The van der Waals surface area contributed by atoms with Crippen LogP contribution < -0.4 is 5.32 Å². The average molecular weight is 393 g/mol. The maximum atomic E-state index is 13.1. The third-order valence-corrected chi connectivity index (χ3v) is 5.87. The van der Waals surface area contributed by atoms with E-state index in [1.807, 2.05) is 22.7 Å². The Hall–Kier alpha value is -1.56. The Morgan fingerprint density at radius 3 is 2.96 bits per heavy atom. The van der Waals surface area contributed by atoms with E-state index in [0.717, 1.165) is 62.3 Å². The predicted molar refractivity (Wildman–Crippen MR) is 104 cm³/mol. The number of benzene rings is 1. The van der Waals surface area contributed by atoms with Gasteiger partial charge in [0.05, 0.1) is 10.7 Å². The lowest BCUT2D eigenvalue weighted by Gasteiger charge is -2.16. The standard InChI is InChI=1S/C19H22Cl2N4O/c1-22-10-12-7-8-24(11-12)19(26)18-14-3-2-4-16(14)25(23-18)17-6-5-13(20)9-15(17)21/h5-6,9,12,22H,2-4,7-8,10-11H2,1H3. The fourth-order valence-corrected chi connectivity index (χ4v) is 4.57. The molecule has 4 rings (SSSR count). The minimum Gasteiger partial charge on any atom is -0.337 e. The molecule has 138 valence electrons. The van der Waals surface area contributed by atoms with Crippen molar-refractivity contribution in [3.8, 4) is 5.69 Å². The molecule has 1 atom stereocenters. The van der Waals surface area contributed by atoms with E-state index in [0.29, 0.717) is 21.7 Å². The lowest BCUT2D eigenvalue weighted by molar-refractivity contribution is 0.0780. The molecule has 1 aliphatic carbocycles. The van der Waals surface area contributed by atoms with Crippen molar-refractivity contribution in [1.29, 1.82) is 0 Å². The molecule has 0 radical (unpaired) electrons. The lowest BCUT2D eigenvalue weighted by atomic mass is 10.1. The van der Waals surface area contributed by atoms with Gasteiger partial charge >= 0.3 is 0 Å². The summed E-state index contributed by atoms with van der Waals surface area (Å²) in [6, 6.07) is 5.38. The van der Waals surface area contributed by atoms with Crippen molar-refractivity contribution in [1.82, 2.24) is 20.0 Å². The lowest BCUT2D eigenvalue weighted by Crippen LogP contribution is -2.31. The first-order valence-corrected chi connectivity index (χ1v) is 9.84. The molecular formula is C19H22Cl2N4O. The summed E-state index contributed by atoms with van der Waals surface area (Å²) < 4.78 is 1.84. The van der Waals surface area contributed by atoms with Crippen LogP contribution in [0.15, 0.2) is 18.2 Å². The SMILES string of the molecule is CNCC1CCN(C(=O)c2nn(-c3ccc(Cl)cc3Cl)c3c2CCC3)C1. The third-order valence-electron chi connectivity index (χ3n) is 5.34. The van der Waals surface area contributed by atoms with Gasteiger partial charge in [-0.3, -0.25) is 4.79 Å². The van der Waals surface area contributed by atoms with E-state index in [1.54, 1.807) is 12.1 Å². The van der Waals surface area contributed by atoms with Gasteiger partial charge in [-0.15, -0.1) is 0 Å². The number of nitrogens with one attached hydrogen (secondary N) is 1. The highest BCUT2D eigenvalue weighted by Crippen LogP contribution is 2.32. The summed E-state index contributed by atoms with van der Waals surface area (Å²) in [5, 5.41) is 9.03. The molecule has 0 spiro atoms. The highest BCUT2D eigenvalue weighted by molar-refractivity contribution is 6.35. The number of aromatic nitrogens is 2. The summed E-state index contributed by atoms with van der Waals surface area (Å²) in [5.74, 6) is 0.565. The molecule has 1 N–H and O–H groups in total. The van der Waals surface area contributed by atoms with E-state index in [4.69, 9.17) is 28.3 Å².